The number of carbonyl (C=O) groups excluding carboxylic acids is 1. The lowest BCUT2D eigenvalue weighted by Gasteiger charge is -2.11. The molecule has 0 saturated carbocycles. The van der Waals surface area contributed by atoms with E-state index in [0.717, 1.165) is 4.88 Å². The van der Waals surface area contributed by atoms with Crippen LogP contribution in [-0.4, -0.2) is 19.6 Å². The van der Waals surface area contributed by atoms with Gasteiger partial charge in [0.15, 0.2) is 0 Å². The molecule has 1 atom stereocenters. The first-order chi connectivity index (χ1) is 6.24. The second-order valence-corrected chi connectivity index (χ2v) is 3.72. The Balaban J connectivity index is 2.42. The molecule has 0 fully saturated rings. The van der Waals surface area contributed by atoms with E-state index >= 15 is 0 Å². The number of methoxy groups -OCH3 is 1. The van der Waals surface area contributed by atoms with Crippen molar-refractivity contribution in [2.75, 3.05) is 13.7 Å². The first kappa shape index (κ1) is 10.2. The van der Waals surface area contributed by atoms with Gasteiger partial charge in [-0.05, 0) is 18.4 Å². The largest absolute Gasteiger partial charge is 0.375 e. The third-order valence-corrected chi connectivity index (χ3v) is 2.68. The fourth-order valence-corrected chi connectivity index (χ4v) is 1.76. The Kier molecular flexibility index (Phi) is 3.92. The quantitative estimate of drug-likeness (QED) is 0.799. The van der Waals surface area contributed by atoms with E-state index in [2.05, 4.69) is 5.32 Å². The number of nitrogens with one attached hydrogen (secondary N) is 1. The molecule has 1 heterocycles. The van der Waals surface area contributed by atoms with E-state index in [4.69, 9.17) is 4.74 Å². The normalized spacial score (nSPS) is 12.5. The maximum absolute atomic E-state index is 11.1. The number of rotatable bonds is 4. The Hall–Kier alpha value is -0.870. The smallest absolute Gasteiger partial charge is 0.246 e. The molecule has 0 spiro atoms. The Labute approximate surface area is 81.7 Å². The molecule has 0 unspecified atom stereocenters. The second-order valence-electron chi connectivity index (χ2n) is 2.74. The zero-order valence-corrected chi connectivity index (χ0v) is 8.56. The summed E-state index contributed by atoms with van der Waals surface area (Å²) < 4.78 is 4.71. The summed E-state index contributed by atoms with van der Waals surface area (Å²) in [5, 5.41) is 4.82. The highest BCUT2D eigenvalue weighted by Gasteiger charge is 2.08. The average molecular weight is 199 g/mol. The summed E-state index contributed by atoms with van der Waals surface area (Å²) in [5.74, 6) is -0.0802. The van der Waals surface area contributed by atoms with Gasteiger partial charge in [0.25, 0.3) is 0 Å². The van der Waals surface area contributed by atoms with E-state index in [1.807, 2.05) is 24.4 Å². The fraction of sp³-hybridized carbons (Fsp3) is 0.444. The van der Waals surface area contributed by atoms with Gasteiger partial charge in [0.05, 0.1) is 6.04 Å². The molecule has 4 heteroatoms. The van der Waals surface area contributed by atoms with Crippen LogP contribution in [-0.2, 0) is 9.53 Å². The van der Waals surface area contributed by atoms with E-state index in [1.165, 1.54) is 7.11 Å². The molecule has 1 amide bonds. The van der Waals surface area contributed by atoms with E-state index in [1.54, 1.807) is 11.3 Å². The molecule has 1 rings (SSSR count). The van der Waals surface area contributed by atoms with Gasteiger partial charge in [0.1, 0.15) is 6.61 Å². The Bertz CT molecular complexity index is 259. The summed E-state index contributed by atoms with van der Waals surface area (Å²) in [6.07, 6.45) is 0. The van der Waals surface area contributed by atoms with Gasteiger partial charge < -0.3 is 10.1 Å². The first-order valence-electron chi connectivity index (χ1n) is 4.05. The van der Waals surface area contributed by atoms with Gasteiger partial charge in [0.2, 0.25) is 5.91 Å². The minimum Gasteiger partial charge on any atom is -0.375 e. The highest BCUT2D eigenvalue weighted by Crippen LogP contribution is 2.17. The summed E-state index contributed by atoms with van der Waals surface area (Å²) in [6, 6.07) is 4.05. The van der Waals surface area contributed by atoms with Crippen LogP contribution in [0.1, 0.15) is 17.8 Å². The van der Waals surface area contributed by atoms with Crippen LogP contribution in [0.2, 0.25) is 0 Å². The molecule has 0 aliphatic rings. The third kappa shape index (κ3) is 3.16. The topological polar surface area (TPSA) is 38.3 Å². The molecular formula is C9H13NO2S. The van der Waals surface area contributed by atoms with Gasteiger partial charge in [-0.2, -0.15) is 0 Å². The zero-order chi connectivity index (χ0) is 9.68. The fourth-order valence-electron chi connectivity index (χ4n) is 1.02. The number of ether oxygens (including phenoxy) is 1. The van der Waals surface area contributed by atoms with Crippen molar-refractivity contribution in [3.63, 3.8) is 0 Å². The maximum atomic E-state index is 11.1. The number of amides is 1. The van der Waals surface area contributed by atoms with Crippen molar-refractivity contribution in [2.45, 2.75) is 13.0 Å². The number of hydrogen-bond acceptors (Lipinski definition) is 3. The molecule has 3 nitrogen and oxygen atoms in total. The molecule has 1 N–H and O–H groups in total. The summed E-state index contributed by atoms with van der Waals surface area (Å²) in [4.78, 5) is 12.3. The molecule has 0 bridgehead atoms. The summed E-state index contributed by atoms with van der Waals surface area (Å²) in [5.41, 5.74) is 0. The molecule has 72 valence electrons. The second kappa shape index (κ2) is 4.99. The molecule has 0 aromatic carbocycles. The van der Waals surface area contributed by atoms with Gasteiger partial charge >= 0.3 is 0 Å². The Morgan fingerprint density at radius 3 is 3.08 bits per heavy atom. The predicted octanol–water partition coefficient (Wildman–Crippen LogP) is 1.57. The summed E-state index contributed by atoms with van der Waals surface area (Å²) in [7, 11) is 1.51. The van der Waals surface area contributed by atoms with Crippen LogP contribution < -0.4 is 5.32 Å². The Morgan fingerprint density at radius 1 is 1.77 bits per heavy atom. The van der Waals surface area contributed by atoms with E-state index in [0.29, 0.717) is 0 Å². The van der Waals surface area contributed by atoms with Crippen molar-refractivity contribution >= 4 is 17.2 Å². The van der Waals surface area contributed by atoms with Crippen LogP contribution in [0.3, 0.4) is 0 Å². The molecule has 0 saturated heterocycles. The standard InChI is InChI=1S/C9H13NO2S/c1-7(8-4-3-5-13-8)10-9(11)6-12-2/h3-5,7H,6H2,1-2H3,(H,10,11)/t7-/m0/s1. The van der Waals surface area contributed by atoms with Crippen LogP contribution in [0.4, 0.5) is 0 Å². The van der Waals surface area contributed by atoms with Gasteiger partial charge in [-0.25, -0.2) is 0 Å². The highest BCUT2D eigenvalue weighted by molar-refractivity contribution is 7.10. The van der Waals surface area contributed by atoms with Crippen LogP contribution in [0.15, 0.2) is 17.5 Å². The first-order valence-corrected chi connectivity index (χ1v) is 4.93. The van der Waals surface area contributed by atoms with Gasteiger partial charge in [-0.3, -0.25) is 4.79 Å². The van der Waals surface area contributed by atoms with Crippen LogP contribution in [0.5, 0.6) is 0 Å². The molecular weight excluding hydrogens is 186 g/mol. The van der Waals surface area contributed by atoms with E-state index < -0.39 is 0 Å². The van der Waals surface area contributed by atoms with Crippen molar-refractivity contribution in [3.05, 3.63) is 22.4 Å². The minimum atomic E-state index is -0.0802. The highest BCUT2D eigenvalue weighted by atomic mass is 32.1. The van der Waals surface area contributed by atoms with Crippen LogP contribution in [0.25, 0.3) is 0 Å². The molecule has 0 aliphatic carbocycles. The number of hydrogen-bond donors (Lipinski definition) is 1. The molecule has 0 radical (unpaired) electrons. The lowest BCUT2D eigenvalue weighted by atomic mass is 10.3. The molecule has 0 aliphatic heterocycles. The summed E-state index contributed by atoms with van der Waals surface area (Å²) >= 11 is 1.64. The molecule has 1 aromatic rings. The number of carbonyl (C=O) groups is 1. The van der Waals surface area contributed by atoms with E-state index in [-0.39, 0.29) is 18.6 Å². The van der Waals surface area contributed by atoms with Crippen molar-refractivity contribution < 1.29 is 9.53 Å². The zero-order valence-electron chi connectivity index (χ0n) is 7.74. The van der Waals surface area contributed by atoms with Gasteiger partial charge in [-0.15, -0.1) is 11.3 Å². The van der Waals surface area contributed by atoms with Gasteiger partial charge in [0, 0.05) is 12.0 Å². The van der Waals surface area contributed by atoms with Crippen molar-refractivity contribution in [2.24, 2.45) is 0 Å². The lowest BCUT2D eigenvalue weighted by Crippen LogP contribution is -2.29. The van der Waals surface area contributed by atoms with Crippen molar-refractivity contribution in [3.8, 4) is 0 Å². The molecule has 13 heavy (non-hydrogen) atoms. The maximum Gasteiger partial charge on any atom is 0.246 e. The Morgan fingerprint density at radius 2 is 2.54 bits per heavy atom. The lowest BCUT2D eigenvalue weighted by molar-refractivity contribution is -0.125. The number of thiophene rings is 1. The van der Waals surface area contributed by atoms with Crippen LogP contribution >= 0.6 is 11.3 Å². The third-order valence-electron chi connectivity index (χ3n) is 1.62. The molecule has 1 aromatic heterocycles. The summed E-state index contributed by atoms with van der Waals surface area (Å²) in [6.45, 7) is 2.08. The van der Waals surface area contributed by atoms with Crippen molar-refractivity contribution in [1.29, 1.82) is 0 Å². The van der Waals surface area contributed by atoms with Crippen LogP contribution in [0, 0.1) is 0 Å². The van der Waals surface area contributed by atoms with Crippen molar-refractivity contribution in [1.82, 2.24) is 5.32 Å². The predicted molar refractivity (Wildman–Crippen MR) is 52.8 cm³/mol. The van der Waals surface area contributed by atoms with E-state index in [9.17, 15) is 4.79 Å². The van der Waals surface area contributed by atoms with Gasteiger partial charge in [-0.1, -0.05) is 6.07 Å². The monoisotopic (exact) mass is 199 g/mol. The average Bonchev–Trinajstić information content (AvgIpc) is 2.55. The SMILES string of the molecule is COCC(=O)N[C@@H](C)c1cccs1. The minimum absolute atomic E-state index is 0.0719.